The molecule has 26 heavy (non-hydrogen) atoms. The Kier molecular flexibility index (Phi) is 9.10. The minimum Gasteiger partial charge on any atom is -0.381 e. The Morgan fingerprint density at radius 2 is 2.08 bits per heavy atom. The quantitative estimate of drug-likeness (QED) is 0.337. The van der Waals surface area contributed by atoms with E-state index in [1.165, 1.54) is 0 Å². The van der Waals surface area contributed by atoms with Gasteiger partial charge in [-0.05, 0) is 32.6 Å². The molecule has 0 bridgehead atoms. The molecule has 0 spiro atoms. The largest absolute Gasteiger partial charge is 0.381 e. The van der Waals surface area contributed by atoms with Gasteiger partial charge in [0, 0.05) is 51.9 Å². The number of aliphatic imine (C=N–C) groups is 1. The molecule has 2 heterocycles. The molecule has 0 aromatic rings. The first-order chi connectivity index (χ1) is 12.5. The monoisotopic (exact) mass is 390 g/mol. The van der Waals surface area contributed by atoms with Crippen molar-refractivity contribution < 1.29 is 17.9 Å². The molecule has 0 amide bonds. The molecule has 0 saturated carbocycles. The highest BCUT2D eigenvalue weighted by Gasteiger charge is 2.26. The van der Waals surface area contributed by atoms with E-state index in [1.807, 2.05) is 0 Å². The van der Waals surface area contributed by atoms with Gasteiger partial charge >= 0.3 is 0 Å². The van der Waals surface area contributed by atoms with Crippen LogP contribution in [0.15, 0.2) is 4.99 Å². The third-order valence-corrected chi connectivity index (χ3v) is 6.79. The molecule has 0 aromatic carbocycles. The first-order valence-corrected chi connectivity index (χ1v) is 11.3. The number of guanidine groups is 1. The van der Waals surface area contributed by atoms with Gasteiger partial charge in [0.15, 0.2) is 5.96 Å². The first-order valence-electron chi connectivity index (χ1n) is 9.65. The van der Waals surface area contributed by atoms with Crippen molar-refractivity contribution in [1.29, 1.82) is 0 Å². The zero-order chi connectivity index (χ0) is 18.8. The van der Waals surface area contributed by atoms with Crippen molar-refractivity contribution in [1.82, 2.24) is 14.9 Å². The summed E-state index contributed by atoms with van der Waals surface area (Å²) >= 11 is 0. The Morgan fingerprint density at radius 3 is 2.69 bits per heavy atom. The third kappa shape index (κ3) is 7.02. The second-order valence-electron chi connectivity index (χ2n) is 6.88. The van der Waals surface area contributed by atoms with E-state index in [0.717, 1.165) is 64.6 Å². The molecule has 1 atom stereocenters. The highest BCUT2D eigenvalue weighted by molar-refractivity contribution is 7.89. The predicted molar refractivity (Wildman–Crippen MR) is 103 cm³/mol. The summed E-state index contributed by atoms with van der Waals surface area (Å²) in [5, 5.41) is 6.69. The summed E-state index contributed by atoms with van der Waals surface area (Å²) in [5.41, 5.74) is 0. The maximum absolute atomic E-state index is 11.9. The van der Waals surface area contributed by atoms with E-state index in [2.05, 4.69) is 15.6 Å². The molecule has 2 N–H and O–H groups in total. The Labute approximate surface area is 157 Å². The van der Waals surface area contributed by atoms with Gasteiger partial charge in [-0.3, -0.25) is 4.99 Å². The maximum atomic E-state index is 11.9. The van der Waals surface area contributed by atoms with E-state index >= 15 is 0 Å². The molecule has 1 unspecified atom stereocenters. The lowest BCUT2D eigenvalue weighted by molar-refractivity contribution is 0.0888. The van der Waals surface area contributed by atoms with Crippen LogP contribution >= 0.6 is 0 Å². The highest BCUT2D eigenvalue weighted by atomic mass is 32.2. The van der Waals surface area contributed by atoms with Gasteiger partial charge in [-0.25, -0.2) is 12.7 Å². The smallest absolute Gasteiger partial charge is 0.213 e. The van der Waals surface area contributed by atoms with Crippen molar-refractivity contribution in [2.24, 2.45) is 10.9 Å². The maximum Gasteiger partial charge on any atom is 0.213 e. The Balaban J connectivity index is 1.56. The molecule has 9 heteroatoms. The zero-order valence-corrected chi connectivity index (χ0v) is 16.9. The van der Waals surface area contributed by atoms with E-state index in [9.17, 15) is 8.42 Å². The SMILES string of the molecule is CCS(=O)(=O)N1CCC(NC(=NC)NCCCOCC2CCOC2)CC1. The van der Waals surface area contributed by atoms with E-state index in [1.54, 1.807) is 18.3 Å². The van der Waals surface area contributed by atoms with E-state index in [0.29, 0.717) is 19.0 Å². The summed E-state index contributed by atoms with van der Waals surface area (Å²) in [5.74, 6) is 1.50. The molecule has 8 nitrogen and oxygen atoms in total. The summed E-state index contributed by atoms with van der Waals surface area (Å²) in [4.78, 5) is 4.25. The van der Waals surface area contributed by atoms with Crippen molar-refractivity contribution in [3.05, 3.63) is 0 Å². The van der Waals surface area contributed by atoms with Crippen LogP contribution in [0, 0.1) is 5.92 Å². The van der Waals surface area contributed by atoms with Crippen LogP contribution in [0.4, 0.5) is 0 Å². The highest BCUT2D eigenvalue weighted by Crippen LogP contribution is 2.14. The van der Waals surface area contributed by atoms with Gasteiger partial charge in [0.05, 0.1) is 19.0 Å². The second kappa shape index (κ2) is 11.1. The van der Waals surface area contributed by atoms with Gasteiger partial charge in [0.1, 0.15) is 0 Å². The molecular formula is C17H34N4O4S. The normalized spacial score (nSPS) is 23.3. The summed E-state index contributed by atoms with van der Waals surface area (Å²) in [7, 11) is -1.32. The minimum atomic E-state index is -3.07. The predicted octanol–water partition coefficient (Wildman–Crippen LogP) is 0.409. The average Bonchev–Trinajstić information content (AvgIpc) is 3.17. The number of ether oxygens (including phenoxy) is 2. The van der Waals surface area contributed by atoms with Crippen LogP contribution in [0.1, 0.15) is 32.6 Å². The Bertz CT molecular complexity index is 527. The molecule has 0 aliphatic carbocycles. The van der Waals surface area contributed by atoms with E-state index in [-0.39, 0.29) is 11.8 Å². The van der Waals surface area contributed by atoms with Crippen molar-refractivity contribution in [3.63, 3.8) is 0 Å². The number of nitrogens with zero attached hydrogens (tertiary/aromatic N) is 2. The molecular weight excluding hydrogens is 356 g/mol. The van der Waals surface area contributed by atoms with Gasteiger partial charge < -0.3 is 20.1 Å². The lowest BCUT2D eigenvalue weighted by Gasteiger charge is -2.32. The number of rotatable bonds is 9. The fourth-order valence-electron chi connectivity index (χ4n) is 3.19. The average molecular weight is 391 g/mol. The number of nitrogens with one attached hydrogen (secondary N) is 2. The van der Waals surface area contributed by atoms with Crippen LogP contribution in [0.3, 0.4) is 0 Å². The van der Waals surface area contributed by atoms with Crippen LogP contribution < -0.4 is 10.6 Å². The van der Waals surface area contributed by atoms with Crippen LogP contribution in [0.5, 0.6) is 0 Å². The molecule has 2 rings (SSSR count). The fourth-order valence-corrected chi connectivity index (χ4v) is 4.33. The molecule has 2 fully saturated rings. The summed E-state index contributed by atoms with van der Waals surface area (Å²) < 4.78 is 36.4. The van der Waals surface area contributed by atoms with E-state index < -0.39 is 10.0 Å². The number of hydrogen-bond acceptors (Lipinski definition) is 5. The Hall–Kier alpha value is -0.900. The number of sulfonamides is 1. The van der Waals surface area contributed by atoms with Gasteiger partial charge in [-0.1, -0.05) is 0 Å². The molecule has 2 aliphatic heterocycles. The number of piperidine rings is 1. The topological polar surface area (TPSA) is 92.3 Å². The van der Waals surface area contributed by atoms with Gasteiger partial charge in [-0.2, -0.15) is 0 Å². The standard InChI is InChI=1S/C17H34N4O4S/c1-3-26(22,23)21-9-5-16(6-10-21)20-17(18-2)19-8-4-11-24-13-15-7-12-25-14-15/h15-16H,3-14H2,1-2H3,(H2,18,19,20). The lowest BCUT2D eigenvalue weighted by atomic mass is 10.1. The summed E-state index contributed by atoms with van der Waals surface area (Å²) in [6.45, 7) is 6.84. The van der Waals surface area contributed by atoms with Crippen LogP contribution in [0.25, 0.3) is 0 Å². The van der Waals surface area contributed by atoms with Crippen molar-refractivity contribution in [3.8, 4) is 0 Å². The van der Waals surface area contributed by atoms with Crippen molar-refractivity contribution >= 4 is 16.0 Å². The van der Waals surface area contributed by atoms with Crippen LogP contribution in [-0.2, 0) is 19.5 Å². The third-order valence-electron chi connectivity index (χ3n) is 4.91. The summed E-state index contributed by atoms with van der Waals surface area (Å²) in [6.07, 6.45) is 3.62. The zero-order valence-electron chi connectivity index (χ0n) is 16.1. The molecule has 0 radical (unpaired) electrons. The summed E-state index contributed by atoms with van der Waals surface area (Å²) in [6, 6.07) is 0.253. The van der Waals surface area contributed by atoms with Gasteiger partial charge in [-0.15, -0.1) is 0 Å². The van der Waals surface area contributed by atoms with Gasteiger partial charge in [0.2, 0.25) is 10.0 Å². The minimum absolute atomic E-state index is 0.171. The molecule has 0 aromatic heterocycles. The lowest BCUT2D eigenvalue weighted by Crippen LogP contribution is -2.50. The first kappa shape index (κ1) is 21.4. The fraction of sp³-hybridized carbons (Fsp3) is 0.941. The molecule has 2 saturated heterocycles. The molecule has 2 aliphatic rings. The van der Waals surface area contributed by atoms with Crippen LogP contribution in [0.2, 0.25) is 0 Å². The van der Waals surface area contributed by atoms with Gasteiger partial charge in [0.25, 0.3) is 0 Å². The van der Waals surface area contributed by atoms with E-state index in [4.69, 9.17) is 9.47 Å². The molecule has 152 valence electrons. The Morgan fingerprint density at radius 1 is 1.31 bits per heavy atom. The second-order valence-corrected chi connectivity index (χ2v) is 9.13. The van der Waals surface area contributed by atoms with Crippen LogP contribution in [-0.4, -0.2) is 83.6 Å². The number of hydrogen-bond donors (Lipinski definition) is 2. The van der Waals surface area contributed by atoms with Crippen molar-refractivity contribution in [2.75, 3.05) is 58.9 Å². The van der Waals surface area contributed by atoms with Crippen molar-refractivity contribution in [2.45, 2.75) is 38.6 Å².